The molecule has 0 aliphatic rings. The molecule has 1 heterocycles. The van der Waals surface area contributed by atoms with Crippen molar-refractivity contribution < 1.29 is 22.7 Å². The Morgan fingerprint density at radius 1 is 1.33 bits per heavy atom. The fourth-order valence-electron chi connectivity index (χ4n) is 1.55. The van der Waals surface area contributed by atoms with Crippen LogP contribution in [0.2, 0.25) is 0 Å². The molecule has 0 unspecified atom stereocenters. The average Bonchev–Trinajstić information content (AvgIpc) is 2.93. The maximum atomic E-state index is 13.5. The molecule has 112 valence electrons. The normalized spacial score (nSPS) is 10.5. The molecule has 0 amide bonds. The van der Waals surface area contributed by atoms with Gasteiger partial charge in [-0.3, -0.25) is 4.79 Å². The van der Waals surface area contributed by atoms with Crippen LogP contribution < -0.4 is 5.32 Å². The summed E-state index contributed by atoms with van der Waals surface area (Å²) in [4.78, 5) is 15.1. The van der Waals surface area contributed by atoms with E-state index in [2.05, 4.69) is 15.0 Å². The van der Waals surface area contributed by atoms with E-state index in [1.54, 1.807) is 5.38 Å². The number of nitrogens with zero attached hydrogens (tertiary/aromatic N) is 1. The molecule has 21 heavy (non-hydrogen) atoms. The molecule has 0 bridgehead atoms. The molecule has 0 aliphatic heterocycles. The molecule has 0 atom stereocenters. The molecule has 1 aromatic heterocycles. The van der Waals surface area contributed by atoms with Crippen LogP contribution in [0.3, 0.4) is 0 Å². The molecule has 1 aromatic carbocycles. The first-order valence-corrected chi connectivity index (χ1v) is 6.81. The van der Waals surface area contributed by atoms with E-state index in [-0.39, 0.29) is 18.1 Å². The van der Waals surface area contributed by atoms with Gasteiger partial charge in [-0.05, 0) is 12.1 Å². The Bertz CT molecular complexity index is 661. The highest BCUT2D eigenvalue weighted by molar-refractivity contribution is 7.13. The number of benzene rings is 1. The third-order valence-corrected chi connectivity index (χ3v) is 3.45. The number of hydrogen-bond acceptors (Lipinski definition) is 5. The SMILES string of the molecule is COC(=O)CCc1csc(Nc2ccc(F)c(F)c2F)n1. The van der Waals surface area contributed by atoms with Crippen molar-refractivity contribution >= 4 is 28.1 Å². The first-order chi connectivity index (χ1) is 10.0. The van der Waals surface area contributed by atoms with Gasteiger partial charge in [0.05, 0.1) is 24.9 Å². The Hall–Kier alpha value is -2.09. The van der Waals surface area contributed by atoms with E-state index in [1.807, 2.05) is 0 Å². The highest BCUT2D eigenvalue weighted by atomic mass is 32.1. The largest absolute Gasteiger partial charge is 0.469 e. The molecule has 0 saturated heterocycles. The lowest BCUT2D eigenvalue weighted by Crippen LogP contribution is -2.02. The fourth-order valence-corrected chi connectivity index (χ4v) is 2.31. The van der Waals surface area contributed by atoms with Crippen molar-refractivity contribution in [2.75, 3.05) is 12.4 Å². The summed E-state index contributed by atoms with van der Waals surface area (Å²) >= 11 is 1.17. The molecule has 2 rings (SSSR count). The van der Waals surface area contributed by atoms with Crippen molar-refractivity contribution in [3.63, 3.8) is 0 Å². The van der Waals surface area contributed by atoms with Crippen molar-refractivity contribution in [3.8, 4) is 0 Å². The maximum Gasteiger partial charge on any atom is 0.305 e. The summed E-state index contributed by atoms with van der Waals surface area (Å²) in [6, 6.07) is 1.91. The van der Waals surface area contributed by atoms with Gasteiger partial charge >= 0.3 is 5.97 Å². The summed E-state index contributed by atoms with van der Waals surface area (Å²) in [6.45, 7) is 0. The molecule has 1 N–H and O–H groups in total. The lowest BCUT2D eigenvalue weighted by Gasteiger charge is -2.05. The number of carbonyl (C=O) groups is 1. The van der Waals surface area contributed by atoms with Gasteiger partial charge in [0.1, 0.15) is 0 Å². The van der Waals surface area contributed by atoms with E-state index >= 15 is 0 Å². The lowest BCUT2D eigenvalue weighted by atomic mass is 10.2. The minimum Gasteiger partial charge on any atom is -0.469 e. The molecule has 0 aliphatic carbocycles. The molecule has 8 heteroatoms. The van der Waals surface area contributed by atoms with Crippen LogP contribution in [0.4, 0.5) is 24.0 Å². The topological polar surface area (TPSA) is 51.2 Å². The summed E-state index contributed by atoms with van der Waals surface area (Å²) in [6.07, 6.45) is 0.560. The van der Waals surface area contributed by atoms with Crippen molar-refractivity contribution in [1.82, 2.24) is 4.98 Å². The minimum absolute atomic E-state index is 0.180. The molecule has 0 spiro atoms. The molecule has 2 aromatic rings. The van der Waals surface area contributed by atoms with Gasteiger partial charge in [0.15, 0.2) is 22.6 Å². The lowest BCUT2D eigenvalue weighted by molar-refractivity contribution is -0.140. The number of thiazole rings is 1. The van der Waals surface area contributed by atoms with Gasteiger partial charge in [0, 0.05) is 11.8 Å². The predicted molar refractivity (Wildman–Crippen MR) is 72.0 cm³/mol. The first kappa shape index (κ1) is 15.3. The second-order valence-corrected chi connectivity index (χ2v) is 4.93. The molecular weight excluding hydrogens is 305 g/mol. The number of rotatable bonds is 5. The number of ether oxygens (including phenoxy) is 1. The van der Waals surface area contributed by atoms with Gasteiger partial charge in [0.25, 0.3) is 0 Å². The van der Waals surface area contributed by atoms with Crippen LogP contribution in [0.15, 0.2) is 17.5 Å². The van der Waals surface area contributed by atoms with E-state index in [1.165, 1.54) is 18.4 Å². The Balaban J connectivity index is 2.06. The Morgan fingerprint density at radius 3 is 2.81 bits per heavy atom. The summed E-state index contributed by atoms with van der Waals surface area (Å²) in [7, 11) is 1.29. The zero-order valence-electron chi connectivity index (χ0n) is 11.0. The van der Waals surface area contributed by atoms with E-state index in [9.17, 15) is 18.0 Å². The van der Waals surface area contributed by atoms with Crippen LogP contribution >= 0.6 is 11.3 Å². The van der Waals surface area contributed by atoms with E-state index in [0.29, 0.717) is 17.2 Å². The second-order valence-electron chi connectivity index (χ2n) is 4.07. The van der Waals surface area contributed by atoms with Crippen LogP contribution in [0, 0.1) is 17.5 Å². The average molecular weight is 316 g/mol. The highest BCUT2D eigenvalue weighted by Crippen LogP contribution is 2.25. The molecule has 0 radical (unpaired) electrons. The fraction of sp³-hybridized carbons (Fsp3) is 0.231. The molecule has 0 fully saturated rings. The number of esters is 1. The van der Waals surface area contributed by atoms with Crippen LogP contribution in [-0.4, -0.2) is 18.1 Å². The summed E-state index contributed by atoms with van der Waals surface area (Å²) < 4.78 is 43.9. The third kappa shape index (κ3) is 3.72. The van der Waals surface area contributed by atoms with Crippen LogP contribution in [0.1, 0.15) is 12.1 Å². The number of hydrogen-bond donors (Lipinski definition) is 1. The quantitative estimate of drug-likeness (QED) is 0.678. The van der Waals surface area contributed by atoms with E-state index in [0.717, 1.165) is 12.1 Å². The number of aryl methyl sites for hydroxylation is 1. The van der Waals surface area contributed by atoms with Crippen LogP contribution in [-0.2, 0) is 16.0 Å². The van der Waals surface area contributed by atoms with Crippen molar-refractivity contribution in [2.45, 2.75) is 12.8 Å². The maximum absolute atomic E-state index is 13.5. The van der Waals surface area contributed by atoms with Crippen LogP contribution in [0.25, 0.3) is 0 Å². The zero-order valence-corrected chi connectivity index (χ0v) is 11.8. The van der Waals surface area contributed by atoms with Gasteiger partial charge in [-0.1, -0.05) is 0 Å². The number of nitrogens with one attached hydrogen (secondary N) is 1. The molecule has 4 nitrogen and oxygen atoms in total. The molecule has 0 saturated carbocycles. The van der Waals surface area contributed by atoms with Crippen LogP contribution in [0.5, 0.6) is 0 Å². The summed E-state index contributed by atoms with van der Waals surface area (Å²) in [5.74, 6) is -4.45. The van der Waals surface area contributed by atoms with Gasteiger partial charge in [0.2, 0.25) is 0 Å². The van der Waals surface area contributed by atoms with Crippen molar-refractivity contribution in [1.29, 1.82) is 0 Å². The highest BCUT2D eigenvalue weighted by Gasteiger charge is 2.14. The zero-order chi connectivity index (χ0) is 15.4. The van der Waals surface area contributed by atoms with E-state index in [4.69, 9.17) is 0 Å². The number of carbonyl (C=O) groups excluding carboxylic acids is 1. The second kappa shape index (κ2) is 6.57. The van der Waals surface area contributed by atoms with Gasteiger partial charge in [-0.25, -0.2) is 18.2 Å². The Kier molecular flexibility index (Phi) is 4.79. The number of methoxy groups -OCH3 is 1. The number of anilines is 2. The van der Waals surface area contributed by atoms with Gasteiger partial charge < -0.3 is 10.1 Å². The monoisotopic (exact) mass is 316 g/mol. The van der Waals surface area contributed by atoms with E-state index < -0.39 is 17.5 Å². The van der Waals surface area contributed by atoms with Crippen molar-refractivity contribution in [2.24, 2.45) is 0 Å². The molecular formula is C13H11F3N2O2S. The number of halogens is 3. The van der Waals surface area contributed by atoms with Gasteiger partial charge in [-0.2, -0.15) is 0 Å². The minimum atomic E-state index is -1.54. The Morgan fingerprint density at radius 2 is 2.10 bits per heavy atom. The van der Waals surface area contributed by atoms with Crippen molar-refractivity contribution in [3.05, 3.63) is 40.7 Å². The predicted octanol–water partition coefficient (Wildman–Crippen LogP) is 3.41. The Labute approximate surface area is 122 Å². The summed E-state index contributed by atoms with van der Waals surface area (Å²) in [5, 5.41) is 4.57. The van der Waals surface area contributed by atoms with Gasteiger partial charge in [-0.15, -0.1) is 11.3 Å². The first-order valence-electron chi connectivity index (χ1n) is 5.93. The smallest absolute Gasteiger partial charge is 0.305 e. The summed E-state index contributed by atoms with van der Waals surface area (Å²) in [5.41, 5.74) is 0.415. The standard InChI is InChI=1S/C13H11F3N2O2S/c1-20-10(19)5-2-7-6-21-13(17-7)18-9-4-3-8(14)11(15)12(9)16/h3-4,6H,2,5H2,1H3,(H,17,18). The third-order valence-electron chi connectivity index (χ3n) is 2.64. The number of aromatic nitrogens is 1.